The molecule has 0 aromatic heterocycles. The van der Waals surface area contributed by atoms with Crippen LogP contribution in [0.4, 0.5) is 17.6 Å². The number of halogens is 4. The van der Waals surface area contributed by atoms with Crippen LogP contribution in [-0.4, -0.2) is 73.4 Å². The minimum Gasteiger partial charge on any atom is -0.356 e. The maximum Gasteiger partial charge on any atom is 0.522 e. The molecule has 4 amide bonds. The Morgan fingerprint density at radius 2 is 1.89 bits per heavy atom. The maximum atomic E-state index is 13.0. The standard InChI is InChI=1S/C22H30F4N4O6/c1-12(2)7-15(29-19(34)20(35)30-21(11-23)4-5-21)18(33)28-9-14(8-13-3-6-27-17(13)32)16(31)10-36-22(24,25)26/h9,12-15H,3-8,10-11H2,1-2H3,(H,27,32)(H,29,34)(H,30,35)/b28-9-/t13-,14?,15-/m0/s1. The number of hydrogen-bond donors (Lipinski definition) is 3. The molecule has 0 aromatic carbocycles. The van der Waals surface area contributed by atoms with E-state index in [1.165, 1.54) is 0 Å². The highest BCUT2D eigenvalue weighted by molar-refractivity contribution is 6.35. The summed E-state index contributed by atoms with van der Waals surface area (Å²) in [6.07, 6.45) is -3.21. The molecule has 2 fully saturated rings. The zero-order valence-electron chi connectivity index (χ0n) is 20.0. The van der Waals surface area contributed by atoms with E-state index >= 15 is 0 Å². The zero-order chi connectivity index (χ0) is 27.1. The van der Waals surface area contributed by atoms with E-state index in [2.05, 4.69) is 25.7 Å². The van der Waals surface area contributed by atoms with Crippen LogP contribution in [0.5, 0.6) is 0 Å². The molecule has 1 aliphatic carbocycles. The van der Waals surface area contributed by atoms with Crippen LogP contribution in [0.25, 0.3) is 0 Å². The van der Waals surface area contributed by atoms with Gasteiger partial charge in [0.25, 0.3) is 5.91 Å². The van der Waals surface area contributed by atoms with Crippen molar-refractivity contribution in [3.8, 4) is 0 Å². The highest BCUT2D eigenvalue weighted by atomic mass is 19.4. The van der Waals surface area contributed by atoms with E-state index in [1.807, 2.05) is 0 Å². The van der Waals surface area contributed by atoms with Gasteiger partial charge in [-0.15, -0.1) is 13.2 Å². The molecule has 0 aromatic rings. The molecule has 10 nitrogen and oxygen atoms in total. The predicted octanol–water partition coefficient (Wildman–Crippen LogP) is 0.981. The lowest BCUT2D eigenvalue weighted by atomic mass is 9.91. The number of ether oxygens (including phenoxy) is 1. The number of alkyl halides is 4. The van der Waals surface area contributed by atoms with Gasteiger partial charge < -0.3 is 16.0 Å². The monoisotopic (exact) mass is 522 g/mol. The summed E-state index contributed by atoms with van der Waals surface area (Å²) in [7, 11) is 0. The number of hydrogen-bond acceptors (Lipinski definition) is 6. The lowest BCUT2D eigenvalue weighted by Crippen LogP contribution is -2.51. The Morgan fingerprint density at radius 3 is 2.39 bits per heavy atom. The van der Waals surface area contributed by atoms with E-state index in [0.29, 0.717) is 25.8 Å². The van der Waals surface area contributed by atoms with Gasteiger partial charge in [-0.05, 0) is 38.0 Å². The van der Waals surface area contributed by atoms with E-state index in [1.54, 1.807) is 13.8 Å². The van der Waals surface area contributed by atoms with Gasteiger partial charge in [-0.1, -0.05) is 13.8 Å². The van der Waals surface area contributed by atoms with Gasteiger partial charge in [0, 0.05) is 18.7 Å². The predicted molar refractivity (Wildman–Crippen MR) is 117 cm³/mol. The average Bonchev–Trinajstić information content (AvgIpc) is 3.45. The Hall–Kier alpha value is -2.90. The highest BCUT2D eigenvalue weighted by Crippen LogP contribution is 2.35. The number of carbonyl (C=O) groups excluding carboxylic acids is 5. The molecule has 2 aliphatic rings. The second-order valence-corrected chi connectivity index (χ2v) is 9.46. The SMILES string of the molecule is CC(C)C[C@H](NC(=O)C(=O)NC1(CF)CC1)C(=O)/N=C\C(C[C@@H]1CCNC1=O)C(=O)COC(F)(F)F. The summed E-state index contributed by atoms with van der Waals surface area (Å²) in [6, 6.07) is -1.28. The second kappa shape index (κ2) is 12.4. The third-order valence-electron chi connectivity index (χ3n) is 5.88. The van der Waals surface area contributed by atoms with Crippen molar-refractivity contribution in [2.75, 3.05) is 19.8 Å². The summed E-state index contributed by atoms with van der Waals surface area (Å²) in [5, 5.41) is 7.08. The van der Waals surface area contributed by atoms with Gasteiger partial charge in [0.05, 0.1) is 11.5 Å². The van der Waals surface area contributed by atoms with E-state index in [0.717, 1.165) is 6.21 Å². The van der Waals surface area contributed by atoms with Crippen LogP contribution >= 0.6 is 0 Å². The van der Waals surface area contributed by atoms with Gasteiger partial charge in [0.2, 0.25) is 5.91 Å². The maximum absolute atomic E-state index is 13.0. The van der Waals surface area contributed by atoms with Crippen molar-refractivity contribution < 1.29 is 46.3 Å². The van der Waals surface area contributed by atoms with Crippen molar-refractivity contribution >= 4 is 35.6 Å². The quantitative estimate of drug-likeness (QED) is 0.198. The summed E-state index contributed by atoms with van der Waals surface area (Å²) in [6.45, 7) is 1.65. The minimum absolute atomic E-state index is 0.0598. The van der Waals surface area contributed by atoms with Crippen molar-refractivity contribution in [2.45, 2.75) is 63.9 Å². The van der Waals surface area contributed by atoms with Crippen molar-refractivity contribution in [3.63, 3.8) is 0 Å². The van der Waals surface area contributed by atoms with E-state index in [-0.39, 0.29) is 24.7 Å². The smallest absolute Gasteiger partial charge is 0.356 e. The Balaban J connectivity index is 2.10. The second-order valence-electron chi connectivity index (χ2n) is 9.46. The summed E-state index contributed by atoms with van der Waals surface area (Å²) in [5.74, 6) is -6.76. The molecule has 2 rings (SSSR count). The topological polar surface area (TPSA) is 143 Å². The van der Waals surface area contributed by atoms with Crippen molar-refractivity contribution in [3.05, 3.63) is 0 Å². The van der Waals surface area contributed by atoms with Crippen LogP contribution in [0, 0.1) is 17.8 Å². The number of Topliss-reactive ketones (excluding diaryl/α,β-unsaturated/α-hetero) is 1. The van der Waals surface area contributed by atoms with E-state index < -0.39 is 66.6 Å². The lowest BCUT2D eigenvalue weighted by Gasteiger charge is -2.19. The van der Waals surface area contributed by atoms with Crippen molar-refractivity contribution in [1.29, 1.82) is 0 Å². The van der Waals surface area contributed by atoms with Gasteiger partial charge in [0.1, 0.15) is 19.3 Å². The first-order chi connectivity index (χ1) is 16.7. The van der Waals surface area contributed by atoms with Crippen LogP contribution in [0.2, 0.25) is 0 Å². The minimum atomic E-state index is -5.05. The number of amides is 4. The number of nitrogens with one attached hydrogen (secondary N) is 3. The molecule has 1 saturated heterocycles. The molecule has 1 aliphatic heterocycles. The largest absolute Gasteiger partial charge is 0.522 e. The Morgan fingerprint density at radius 1 is 1.22 bits per heavy atom. The molecule has 202 valence electrons. The molecule has 1 heterocycles. The number of rotatable bonds is 12. The van der Waals surface area contributed by atoms with Gasteiger partial charge in [0.15, 0.2) is 5.78 Å². The molecule has 3 atom stereocenters. The molecule has 1 saturated carbocycles. The van der Waals surface area contributed by atoms with Crippen LogP contribution in [0.15, 0.2) is 4.99 Å². The number of ketones is 1. The molecule has 36 heavy (non-hydrogen) atoms. The molecule has 3 N–H and O–H groups in total. The average molecular weight is 522 g/mol. The van der Waals surface area contributed by atoms with Crippen LogP contribution in [0.3, 0.4) is 0 Å². The Bertz CT molecular complexity index is 888. The molecule has 1 unspecified atom stereocenters. The van der Waals surface area contributed by atoms with Gasteiger partial charge in [-0.2, -0.15) is 0 Å². The van der Waals surface area contributed by atoms with E-state index in [9.17, 15) is 41.5 Å². The third kappa shape index (κ3) is 9.28. The first-order valence-corrected chi connectivity index (χ1v) is 11.5. The fourth-order valence-electron chi connectivity index (χ4n) is 3.62. The number of carbonyl (C=O) groups is 5. The summed E-state index contributed by atoms with van der Waals surface area (Å²) in [5.41, 5.74) is -1.07. The molecule has 0 spiro atoms. The number of aliphatic imine (C=N–C) groups is 1. The van der Waals surface area contributed by atoms with Crippen molar-refractivity contribution in [2.24, 2.45) is 22.7 Å². The molecule has 0 bridgehead atoms. The summed E-state index contributed by atoms with van der Waals surface area (Å²) >= 11 is 0. The zero-order valence-corrected chi connectivity index (χ0v) is 20.0. The Labute approximate surface area is 205 Å². The van der Waals surface area contributed by atoms with Gasteiger partial charge in [-0.25, -0.2) is 9.38 Å². The highest BCUT2D eigenvalue weighted by Gasteiger charge is 2.45. The summed E-state index contributed by atoms with van der Waals surface area (Å²) in [4.78, 5) is 65.0. The first kappa shape index (κ1) is 29.3. The van der Waals surface area contributed by atoms with Gasteiger partial charge >= 0.3 is 18.2 Å². The van der Waals surface area contributed by atoms with Gasteiger partial charge in [-0.3, -0.25) is 28.7 Å². The van der Waals surface area contributed by atoms with E-state index in [4.69, 9.17) is 0 Å². The van der Waals surface area contributed by atoms with Crippen LogP contribution in [0.1, 0.15) is 46.0 Å². The van der Waals surface area contributed by atoms with Crippen LogP contribution < -0.4 is 16.0 Å². The molecular formula is C22H30F4N4O6. The Kier molecular flexibility index (Phi) is 10.1. The summed E-state index contributed by atoms with van der Waals surface area (Å²) < 4.78 is 53.7. The fourth-order valence-corrected chi connectivity index (χ4v) is 3.62. The molecular weight excluding hydrogens is 492 g/mol. The molecule has 14 heteroatoms. The third-order valence-corrected chi connectivity index (χ3v) is 5.88. The normalized spacial score (nSPS) is 20.6. The number of nitrogens with zero attached hydrogens (tertiary/aromatic N) is 1. The van der Waals surface area contributed by atoms with Crippen molar-refractivity contribution in [1.82, 2.24) is 16.0 Å². The lowest BCUT2D eigenvalue weighted by molar-refractivity contribution is -0.321. The fraction of sp³-hybridized carbons (Fsp3) is 0.727. The first-order valence-electron chi connectivity index (χ1n) is 11.5. The van der Waals surface area contributed by atoms with Crippen LogP contribution in [-0.2, 0) is 28.7 Å². The molecule has 0 radical (unpaired) electrons.